The van der Waals surface area contributed by atoms with Crippen LogP contribution < -0.4 is 101 Å². The molecule has 2 aliphatic rings. The molecule has 56 heavy (non-hydrogen) atoms. The Morgan fingerprint density at radius 3 is 1.04 bits per heavy atom. The van der Waals surface area contributed by atoms with E-state index in [1.54, 1.807) is 72.8 Å². The van der Waals surface area contributed by atoms with Crippen LogP contribution in [0.3, 0.4) is 0 Å². The molecule has 0 saturated carbocycles. The minimum absolute atomic E-state index is 0. The third-order valence-corrected chi connectivity index (χ3v) is 10.0. The Balaban J connectivity index is 0.000000290. The first-order chi connectivity index (χ1) is 25.8. The first-order valence-electron chi connectivity index (χ1n) is 16.5. The van der Waals surface area contributed by atoms with Crippen LogP contribution in [0, 0.1) is 0 Å². The van der Waals surface area contributed by atoms with Crippen molar-refractivity contribution < 1.29 is 108 Å². The number of aliphatic carboxylic acids is 2. The average Bonchev–Trinajstić information content (AvgIpc) is 3.64. The molecule has 14 nitrogen and oxygen atoms in total. The Kier molecular flexibility index (Phi) is 18.6. The third-order valence-electron chi connectivity index (χ3n) is 8.06. The Bertz CT molecular complexity index is 1860. The predicted molar refractivity (Wildman–Crippen MR) is 197 cm³/mol. The van der Waals surface area contributed by atoms with Crippen LogP contribution in [-0.4, -0.2) is 56.8 Å². The summed E-state index contributed by atoms with van der Waals surface area (Å²) in [5.74, 6) is -0.640. The summed E-state index contributed by atoms with van der Waals surface area (Å²) in [6.45, 7) is 0. The number of carboxylic acids is 2. The monoisotopic (exact) mass is 816 g/mol. The van der Waals surface area contributed by atoms with E-state index in [1.165, 1.54) is 0 Å². The predicted octanol–water partition coefficient (Wildman–Crippen LogP) is -4.01. The molecule has 2 aliphatic heterocycles. The molecule has 0 aliphatic carbocycles. The van der Waals surface area contributed by atoms with Crippen LogP contribution in [0.1, 0.15) is 22.3 Å². The van der Waals surface area contributed by atoms with Crippen LogP contribution in [0.15, 0.2) is 97.1 Å². The van der Waals surface area contributed by atoms with Crippen molar-refractivity contribution >= 4 is 57.8 Å². The van der Waals surface area contributed by atoms with Gasteiger partial charge in [-0.25, -0.2) is 0 Å². The van der Waals surface area contributed by atoms with Gasteiger partial charge >= 0.3 is 59.1 Å². The third kappa shape index (κ3) is 14.4. The fourth-order valence-corrected chi connectivity index (χ4v) is 6.92. The number of carboxylic acid groups (broad SMARTS) is 2. The van der Waals surface area contributed by atoms with Gasteiger partial charge in [0.15, 0.2) is 0 Å². The molecule has 0 bridgehead atoms. The van der Waals surface area contributed by atoms with Gasteiger partial charge in [0.1, 0.15) is 23.0 Å². The number of amides is 4. The van der Waals surface area contributed by atoms with Crippen molar-refractivity contribution in [3.05, 3.63) is 119 Å². The molecule has 6 rings (SSSR count). The SMILES string of the molecule is NC(Cc1ccc(Oc2ccc(C[C@@H]3SC(=O)NC3=O)cc2)cc1)C(=O)[O-].NC(Cc1ccc(Oc2ccc(C[C@@H]3SC(=O)NC3=O)cc2)cc1)C(=O)[O-].[Na+].[Na+]. The van der Waals surface area contributed by atoms with Gasteiger partial charge in [-0.15, -0.1) is 0 Å². The average molecular weight is 817 g/mol. The minimum atomic E-state index is -1.28. The summed E-state index contributed by atoms with van der Waals surface area (Å²) in [6.07, 6.45) is 1.31. The number of hydrogen-bond donors (Lipinski definition) is 4. The quantitative estimate of drug-likeness (QED) is 0.0888. The number of nitrogens with one attached hydrogen (secondary N) is 2. The normalized spacial score (nSPS) is 16.8. The van der Waals surface area contributed by atoms with Gasteiger partial charge in [-0.1, -0.05) is 72.1 Å². The summed E-state index contributed by atoms with van der Waals surface area (Å²) < 4.78 is 11.5. The van der Waals surface area contributed by atoms with E-state index in [-0.39, 0.29) is 94.2 Å². The number of carbonyl (C=O) groups excluding carboxylic acids is 6. The van der Waals surface area contributed by atoms with Gasteiger partial charge in [-0.3, -0.25) is 29.8 Å². The Morgan fingerprint density at radius 2 is 0.804 bits per heavy atom. The fraction of sp³-hybridized carbons (Fsp3) is 0.211. The number of thioether (sulfide) groups is 2. The zero-order chi connectivity index (χ0) is 38.8. The van der Waals surface area contributed by atoms with Crippen molar-refractivity contribution in [2.75, 3.05) is 0 Å². The van der Waals surface area contributed by atoms with Crippen molar-refractivity contribution in [3.8, 4) is 23.0 Å². The minimum Gasteiger partial charge on any atom is -0.548 e. The largest absolute Gasteiger partial charge is 1.00 e. The molecular weight excluding hydrogens is 783 g/mol. The second-order valence-corrected chi connectivity index (χ2v) is 14.6. The number of imide groups is 2. The summed E-state index contributed by atoms with van der Waals surface area (Å²) >= 11 is 2.00. The van der Waals surface area contributed by atoms with Gasteiger partial charge in [0, 0.05) is 12.1 Å². The van der Waals surface area contributed by atoms with Gasteiger partial charge < -0.3 is 40.7 Å². The first-order valence-corrected chi connectivity index (χ1v) is 18.2. The van der Waals surface area contributed by atoms with Crippen molar-refractivity contribution in [3.63, 3.8) is 0 Å². The van der Waals surface area contributed by atoms with Gasteiger partial charge in [-0.2, -0.15) is 0 Å². The van der Waals surface area contributed by atoms with Crippen LogP contribution in [0.2, 0.25) is 0 Å². The molecule has 0 spiro atoms. The van der Waals surface area contributed by atoms with Gasteiger partial charge in [0.05, 0.1) is 22.4 Å². The molecule has 4 aromatic carbocycles. The van der Waals surface area contributed by atoms with E-state index in [9.17, 15) is 39.0 Å². The molecule has 280 valence electrons. The van der Waals surface area contributed by atoms with Crippen LogP contribution in [0.4, 0.5) is 9.59 Å². The standard InChI is InChI=1S/2C19H18N2O5S.2Na/c2*20-15(18(23)24)9-11-1-5-13(6-2-11)26-14-7-3-12(4-8-14)10-16-17(22)21-19(25)27-16;;/h2*1-8,15-16H,9-10,20H2,(H,23,24)(H,21,22,25);;/q;;2*+1/p-2/t2*15?,16-;;/m00../s1. The Labute approximate surface area is 374 Å². The van der Waals surface area contributed by atoms with Crippen molar-refractivity contribution in [2.45, 2.75) is 48.3 Å². The van der Waals surface area contributed by atoms with E-state index >= 15 is 0 Å². The molecule has 2 saturated heterocycles. The van der Waals surface area contributed by atoms with Crippen molar-refractivity contribution in [1.29, 1.82) is 0 Å². The summed E-state index contributed by atoms with van der Waals surface area (Å²) in [6, 6.07) is 26.4. The summed E-state index contributed by atoms with van der Waals surface area (Å²) in [4.78, 5) is 67.0. The maximum absolute atomic E-state index is 11.6. The number of carbonyl (C=O) groups is 6. The number of benzene rings is 4. The molecule has 18 heteroatoms. The van der Waals surface area contributed by atoms with Gasteiger partial charge in [0.2, 0.25) is 11.8 Å². The summed E-state index contributed by atoms with van der Waals surface area (Å²) in [7, 11) is 0. The number of rotatable bonds is 14. The summed E-state index contributed by atoms with van der Waals surface area (Å²) in [5.41, 5.74) is 14.3. The van der Waals surface area contributed by atoms with Crippen LogP contribution in [0.5, 0.6) is 23.0 Å². The first kappa shape index (κ1) is 46.7. The van der Waals surface area contributed by atoms with Crippen molar-refractivity contribution in [2.24, 2.45) is 11.5 Å². The van der Waals surface area contributed by atoms with E-state index in [4.69, 9.17) is 20.9 Å². The maximum Gasteiger partial charge on any atom is 1.00 e. The summed E-state index contributed by atoms with van der Waals surface area (Å²) in [5, 5.41) is 24.5. The number of ether oxygens (including phenoxy) is 2. The van der Waals surface area contributed by atoms with Gasteiger partial charge in [-0.05, 0) is 96.5 Å². The van der Waals surface area contributed by atoms with E-state index in [1.807, 2.05) is 24.3 Å². The number of hydrogen-bond acceptors (Lipinski definition) is 14. The maximum atomic E-state index is 11.6. The van der Waals surface area contributed by atoms with Crippen LogP contribution >= 0.6 is 23.5 Å². The second-order valence-electron chi connectivity index (χ2n) is 12.2. The second kappa shape index (κ2) is 22.3. The number of nitrogens with two attached hydrogens (primary N) is 2. The molecular formula is C38H34N4Na2O10S2. The van der Waals surface area contributed by atoms with Gasteiger partial charge in [0.25, 0.3) is 10.5 Å². The van der Waals surface area contributed by atoms with Crippen molar-refractivity contribution in [1.82, 2.24) is 10.6 Å². The Hall–Kier alpha value is -3.68. The molecule has 4 aromatic rings. The molecule has 4 amide bonds. The molecule has 2 heterocycles. The zero-order valence-electron chi connectivity index (χ0n) is 30.4. The molecule has 2 fully saturated rings. The van der Waals surface area contributed by atoms with E-state index < -0.39 is 34.5 Å². The molecule has 2 unspecified atom stereocenters. The topological polar surface area (TPSA) is 243 Å². The Morgan fingerprint density at radius 1 is 0.536 bits per heavy atom. The molecule has 0 radical (unpaired) electrons. The van der Waals surface area contributed by atoms with E-state index in [0.29, 0.717) is 35.8 Å². The fourth-order valence-electron chi connectivity index (χ4n) is 5.20. The van der Waals surface area contributed by atoms with Crippen LogP contribution in [-0.2, 0) is 44.9 Å². The van der Waals surface area contributed by atoms with E-state index in [2.05, 4.69) is 10.6 Å². The zero-order valence-corrected chi connectivity index (χ0v) is 36.1. The molecule has 0 aromatic heterocycles. The molecule has 6 N–H and O–H groups in total. The van der Waals surface area contributed by atoms with Crippen LogP contribution in [0.25, 0.3) is 0 Å². The smallest absolute Gasteiger partial charge is 0.548 e. The molecule has 4 atom stereocenters. The van der Waals surface area contributed by atoms with E-state index in [0.717, 1.165) is 45.8 Å².